The first-order valence-electron chi connectivity index (χ1n) is 15.0. The highest BCUT2D eigenvalue weighted by molar-refractivity contribution is 7.13. The number of anilines is 1. The number of piperidine rings is 1. The minimum absolute atomic E-state index is 0.148. The van der Waals surface area contributed by atoms with Crippen molar-refractivity contribution in [3.8, 4) is 11.1 Å². The van der Waals surface area contributed by atoms with Gasteiger partial charge in [-0.15, -0.1) is 11.3 Å². The van der Waals surface area contributed by atoms with Crippen molar-refractivity contribution >= 4 is 56.5 Å². The van der Waals surface area contributed by atoms with Crippen LogP contribution in [0.2, 0.25) is 10.0 Å². The molecule has 1 N–H and O–H groups in total. The fourth-order valence-corrected chi connectivity index (χ4v) is 7.57. The molecular weight excluding hydrogens is 655 g/mol. The van der Waals surface area contributed by atoms with Crippen LogP contribution in [0.15, 0.2) is 54.4 Å². The fourth-order valence-electron chi connectivity index (χ4n) is 6.49. The maximum absolute atomic E-state index is 15.2. The third-order valence-electron chi connectivity index (χ3n) is 8.81. The lowest BCUT2D eigenvalue weighted by Crippen LogP contribution is -2.42. The second-order valence-corrected chi connectivity index (χ2v) is 13.4. The standard InChI is InChI=1S/C32H31Cl2F2N7O2S/c1-45-10-9-41-8-6-21(25(36)16-41)18-2-4-19(5-3-18)22-13-24(33)23-15-43(40-28(23)27(22)34)30(31(44)39-32-37-7-11-46-32)29-26-12-20(35)14-42(26)17-38-29/h2-5,7,11,13,15,17,20-21,25,30H,6,8-10,12,14,16H2,1H3,(H,37,39,44)/t20?,21-,25+,30?/m0/s1. The first-order chi connectivity index (χ1) is 22.3. The minimum Gasteiger partial charge on any atom is -0.383 e. The number of amides is 1. The van der Waals surface area contributed by atoms with E-state index >= 15 is 4.39 Å². The molecule has 3 aromatic heterocycles. The number of nitrogens with one attached hydrogen (secondary N) is 1. The zero-order valence-electron chi connectivity index (χ0n) is 24.9. The van der Waals surface area contributed by atoms with E-state index in [9.17, 15) is 9.18 Å². The van der Waals surface area contributed by atoms with Gasteiger partial charge in [-0.05, 0) is 30.2 Å². The lowest BCUT2D eigenvalue weighted by Gasteiger charge is -2.34. The van der Waals surface area contributed by atoms with Gasteiger partial charge in [-0.1, -0.05) is 47.5 Å². The molecule has 0 saturated carbocycles. The lowest BCUT2D eigenvalue weighted by atomic mass is 9.87. The van der Waals surface area contributed by atoms with Crippen LogP contribution in [-0.4, -0.2) is 80.8 Å². The van der Waals surface area contributed by atoms with Crippen LogP contribution >= 0.6 is 34.5 Å². The Bertz CT molecular complexity index is 1860. The van der Waals surface area contributed by atoms with Gasteiger partial charge in [-0.3, -0.25) is 19.7 Å². The molecule has 7 rings (SSSR count). The number of carbonyl (C=O) groups excluding carboxylic acids is 1. The maximum atomic E-state index is 15.2. The predicted octanol–water partition coefficient (Wildman–Crippen LogP) is 6.56. The Morgan fingerprint density at radius 3 is 2.76 bits per heavy atom. The average Bonchev–Trinajstić information content (AvgIpc) is 3.85. The van der Waals surface area contributed by atoms with Gasteiger partial charge in [-0.2, -0.15) is 5.10 Å². The normalized spacial score (nSPS) is 20.7. The van der Waals surface area contributed by atoms with Crippen LogP contribution in [0.3, 0.4) is 0 Å². The molecule has 1 fully saturated rings. The summed E-state index contributed by atoms with van der Waals surface area (Å²) >= 11 is 15.1. The van der Waals surface area contributed by atoms with Gasteiger partial charge in [-0.25, -0.2) is 18.7 Å². The molecule has 240 valence electrons. The summed E-state index contributed by atoms with van der Waals surface area (Å²) in [7, 11) is 1.65. The summed E-state index contributed by atoms with van der Waals surface area (Å²) in [5.74, 6) is -0.611. The Kier molecular flexibility index (Phi) is 8.81. The average molecular weight is 687 g/mol. The van der Waals surface area contributed by atoms with Crippen molar-refractivity contribution in [3.05, 3.63) is 81.4 Å². The molecule has 2 aliphatic heterocycles. The van der Waals surface area contributed by atoms with Crippen molar-refractivity contribution in [3.63, 3.8) is 0 Å². The van der Waals surface area contributed by atoms with E-state index in [4.69, 9.17) is 33.0 Å². The molecule has 2 aromatic carbocycles. The van der Waals surface area contributed by atoms with Crippen LogP contribution in [0.25, 0.3) is 22.0 Å². The highest BCUT2D eigenvalue weighted by Gasteiger charge is 2.35. The topological polar surface area (TPSA) is 90.1 Å². The number of benzene rings is 2. The minimum atomic E-state index is -1.06. The van der Waals surface area contributed by atoms with Crippen molar-refractivity contribution in [2.24, 2.45) is 0 Å². The van der Waals surface area contributed by atoms with Crippen LogP contribution in [0, 0.1) is 0 Å². The number of thiazole rings is 1. The third kappa shape index (κ3) is 5.93. The highest BCUT2D eigenvalue weighted by Crippen LogP contribution is 2.40. The lowest BCUT2D eigenvalue weighted by molar-refractivity contribution is -0.118. The summed E-state index contributed by atoms with van der Waals surface area (Å²) in [6.45, 7) is 2.69. The van der Waals surface area contributed by atoms with E-state index in [0.29, 0.717) is 56.2 Å². The van der Waals surface area contributed by atoms with E-state index in [1.54, 1.807) is 41.8 Å². The number of methoxy groups -OCH3 is 1. The molecule has 5 heterocycles. The van der Waals surface area contributed by atoms with E-state index in [1.165, 1.54) is 16.0 Å². The van der Waals surface area contributed by atoms with Crippen LogP contribution < -0.4 is 5.32 Å². The number of carbonyl (C=O) groups is 1. The monoisotopic (exact) mass is 685 g/mol. The molecule has 4 atom stereocenters. The van der Waals surface area contributed by atoms with Crippen molar-refractivity contribution in [1.82, 2.24) is 29.2 Å². The van der Waals surface area contributed by atoms with Crippen LogP contribution in [0.5, 0.6) is 0 Å². The summed E-state index contributed by atoms with van der Waals surface area (Å²) < 4.78 is 37.9. The number of nitrogens with zero attached hydrogens (tertiary/aromatic N) is 6. The Morgan fingerprint density at radius 2 is 2.02 bits per heavy atom. The molecule has 46 heavy (non-hydrogen) atoms. The van der Waals surface area contributed by atoms with E-state index in [2.05, 4.69) is 20.2 Å². The number of imidazole rings is 1. The van der Waals surface area contributed by atoms with E-state index in [1.807, 2.05) is 24.3 Å². The molecular formula is C32H31Cl2F2N7O2S. The van der Waals surface area contributed by atoms with Gasteiger partial charge in [0.15, 0.2) is 11.2 Å². The van der Waals surface area contributed by atoms with Gasteiger partial charge in [0, 0.05) is 67.0 Å². The van der Waals surface area contributed by atoms with Crippen molar-refractivity contribution in [2.75, 3.05) is 38.7 Å². The second kappa shape index (κ2) is 13.0. The molecule has 1 amide bonds. The van der Waals surface area contributed by atoms with Crippen molar-refractivity contribution in [1.29, 1.82) is 0 Å². The van der Waals surface area contributed by atoms with Crippen LogP contribution in [0.1, 0.15) is 35.3 Å². The summed E-state index contributed by atoms with van der Waals surface area (Å²) in [5, 5.41) is 11.1. The zero-order valence-corrected chi connectivity index (χ0v) is 27.2. The Morgan fingerprint density at radius 1 is 1.20 bits per heavy atom. The number of alkyl halides is 2. The molecule has 14 heteroatoms. The molecule has 1 saturated heterocycles. The fraction of sp³-hybridized carbons (Fsp3) is 0.375. The van der Waals surface area contributed by atoms with E-state index in [0.717, 1.165) is 30.6 Å². The summed E-state index contributed by atoms with van der Waals surface area (Å²) in [6, 6.07) is 8.48. The van der Waals surface area contributed by atoms with E-state index < -0.39 is 24.3 Å². The molecule has 0 radical (unpaired) electrons. The number of rotatable bonds is 9. The number of fused-ring (bicyclic) bond motifs is 2. The maximum Gasteiger partial charge on any atom is 0.257 e. The summed E-state index contributed by atoms with van der Waals surface area (Å²) in [4.78, 5) is 24.5. The molecule has 2 aliphatic rings. The number of hydrogen-bond acceptors (Lipinski definition) is 7. The van der Waals surface area contributed by atoms with Gasteiger partial charge in [0.25, 0.3) is 5.91 Å². The van der Waals surface area contributed by atoms with Gasteiger partial charge in [0.2, 0.25) is 0 Å². The van der Waals surface area contributed by atoms with Gasteiger partial charge >= 0.3 is 0 Å². The first-order valence-corrected chi connectivity index (χ1v) is 16.6. The number of aromatic nitrogens is 5. The predicted molar refractivity (Wildman–Crippen MR) is 175 cm³/mol. The molecule has 0 spiro atoms. The summed E-state index contributed by atoms with van der Waals surface area (Å²) in [5.41, 5.74) is 3.86. The largest absolute Gasteiger partial charge is 0.383 e. The van der Waals surface area contributed by atoms with Gasteiger partial charge in [0.1, 0.15) is 17.9 Å². The summed E-state index contributed by atoms with van der Waals surface area (Å²) in [6.07, 6.45) is 3.65. The number of likely N-dealkylation sites (tertiary alicyclic amines) is 1. The van der Waals surface area contributed by atoms with Crippen molar-refractivity contribution < 1.29 is 18.3 Å². The zero-order chi connectivity index (χ0) is 31.9. The Balaban J connectivity index is 1.20. The highest BCUT2D eigenvalue weighted by atomic mass is 35.5. The smallest absolute Gasteiger partial charge is 0.257 e. The van der Waals surface area contributed by atoms with Crippen LogP contribution in [-0.2, 0) is 22.5 Å². The van der Waals surface area contributed by atoms with Gasteiger partial charge in [0.05, 0.1) is 35.2 Å². The number of ether oxygens (including phenoxy) is 1. The SMILES string of the molecule is COCCN1CC[C@@H](c2ccc(-c3cc(Cl)c4cn(C(C(=O)Nc5nccs5)c5ncn6c5CC(F)C6)nc4c3Cl)cc2)[C@H](F)C1. The molecule has 0 aliphatic carbocycles. The Hall–Kier alpha value is -3.42. The molecule has 0 bridgehead atoms. The number of hydrogen-bond donors (Lipinski definition) is 1. The third-order valence-corrected chi connectivity index (χ3v) is 10.2. The van der Waals surface area contributed by atoms with Crippen molar-refractivity contribution in [2.45, 2.75) is 43.7 Å². The van der Waals surface area contributed by atoms with Gasteiger partial charge < -0.3 is 9.30 Å². The molecule has 2 unspecified atom stereocenters. The van der Waals surface area contributed by atoms with E-state index in [-0.39, 0.29) is 18.9 Å². The molecule has 5 aromatic rings. The molecule has 9 nitrogen and oxygen atoms in total. The number of halogens is 4. The second-order valence-electron chi connectivity index (χ2n) is 11.7. The Labute approximate surface area is 278 Å². The quantitative estimate of drug-likeness (QED) is 0.189. The van der Waals surface area contributed by atoms with Crippen LogP contribution in [0.4, 0.5) is 13.9 Å². The first kappa shape index (κ1) is 31.2.